The number of aliphatic hydroxyl groups is 1. The van der Waals surface area contributed by atoms with Crippen LogP contribution in [0.1, 0.15) is 24.8 Å². The Morgan fingerprint density at radius 2 is 1.89 bits per heavy atom. The van der Waals surface area contributed by atoms with Gasteiger partial charge in [-0.15, -0.1) is 0 Å². The Bertz CT molecular complexity index is 457. The summed E-state index contributed by atoms with van der Waals surface area (Å²) >= 11 is 0. The number of aliphatic hydroxyl groups excluding tert-OH is 1. The van der Waals surface area contributed by atoms with Crippen LogP contribution in [0.4, 0.5) is 0 Å². The fraction of sp³-hybridized carbons (Fsp3) is 0.375. The van der Waals surface area contributed by atoms with E-state index in [1.165, 1.54) is 0 Å². The summed E-state index contributed by atoms with van der Waals surface area (Å²) in [6, 6.07) is 10.2. The Hall–Kier alpha value is -1.54. The van der Waals surface area contributed by atoms with Crippen molar-refractivity contribution in [1.82, 2.24) is 4.90 Å². The molecule has 0 saturated carbocycles. The van der Waals surface area contributed by atoms with E-state index in [2.05, 4.69) is 23.1 Å². The summed E-state index contributed by atoms with van der Waals surface area (Å²) in [6.45, 7) is 0.845. The SMILES string of the molecule is CN(C)CC1=C(O)C(=Cc2ccccc2)CCC1. The highest BCUT2D eigenvalue weighted by Crippen LogP contribution is 2.29. The molecule has 0 aromatic heterocycles. The van der Waals surface area contributed by atoms with Crippen LogP contribution >= 0.6 is 0 Å². The van der Waals surface area contributed by atoms with Crippen molar-refractivity contribution < 1.29 is 5.11 Å². The third-order valence-electron chi connectivity index (χ3n) is 3.21. The summed E-state index contributed by atoms with van der Waals surface area (Å²) in [5.41, 5.74) is 3.39. The van der Waals surface area contributed by atoms with Gasteiger partial charge >= 0.3 is 0 Å². The summed E-state index contributed by atoms with van der Waals surface area (Å²) < 4.78 is 0. The summed E-state index contributed by atoms with van der Waals surface area (Å²) in [5.74, 6) is 0.513. The molecule has 0 spiro atoms. The van der Waals surface area contributed by atoms with E-state index in [0.717, 1.165) is 42.5 Å². The van der Waals surface area contributed by atoms with E-state index in [9.17, 15) is 5.11 Å². The van der Waals surface area contributed by atoms with Gasteiger partial charge in [-0.3, -0.25) is 0 Å². The first-order valence-electron chi connectivity index (χ1n) is 6.48. The van der Waals surface area contributed by atoms with E-state index >= 15 is 0 Å². The van der Waals surface area contributed by atoms with Crippen LogP contribution in [0.15, 0.2) is 47.2 Å². The van der Waals surface area contributed by atoms with Crippen molar-refractivity contribution in [3.8, 4) is 0 Å². The van der Waals surface area contributed by atoms with Crippen molar-refractivity contribution in [2.24, 2.45) is 0 Å². The molecule has 0 amide bonds. The average molecular weight is 243 g/mol. The van der Waals surface area contributed by atoms with Crippen LogP contribution in [0, 0.1) is 0 Å². The van der Waals surface area contributed by atoms with Gasteiger partial charge in [0.15, 0.2) is 0 Å². The Kier molecular flexibility index (Phi) is 4.21. The Morgan fingerprint density at radius 3 is 2.56 bits per heavy atom. The lowest BCUT2D eigenvalue weighted by atomic mass is 9.91. The highest BCUT2D eigenvalue weighted by Gasteiger charge is 2.16. The molecule has 1 aliphatic carbocycles. The second-order valence-corrected chi connectivity index (χ2v) is 5.12. The van der Waals surface area contributed by atoms with E-state index in [-0.39, 0.29) is 0 Å². The van der Waals surface area contributed by atoms with Crippen molar-refractivity contribution in [1.29, 1.82) is 0 Å². The molecule has 1 aromatic carbocycles. The number of likely N-dealkylation sites (N-methyl/N-ethyl adjacent to an activating group) is 1. The van der Waals surface area contributed by atoms with Gasteiger partial charge in [0.05, 0.1) is 0 Å². The molecule has 1 N–H and O–H groups in total. The lowest BCUT2D eigenvalue weighted by molar-refractivity contribution is 0.371. The minimum Gasteiger partial charge on any atom is -0.508 e. The topological polar surface area (TPSA) is 23.5 Å². The van der Waals surface area contributed by atoms with Gasteiger partial charge < -0.3 is 10.0 Å². The molecular formula is C16H21NO. The van der Waals surface area contributed by atoms with Crippen LogP contribution in [0.3, 0.4) is 0 Å². The fourth-order valence-corrected chi connectivity index (χ4v) is 2.38. The molecule has 0 bridgehead atoms. The molecule has 0 radical (unpaired) electrons. The molecule has 0 saturated heterocycles. The van der Waals surface area contributed by atoms with Gasteiger partial charge in [-0.1, -0.05) is 30.3 Å². The van der Waals surface area contributed by atoms with Crippen molar-refractivity contribution in [2.45, 2.75) is 19.3 Å². The van der Waals surface area contributed by atoms with Gasteiger partial charge in [-0.2, -0.15) is 0 Å². The van der Waals surface area contributed by atoms with Crippen LogP contribution < -0.4 is 0 Å². The van der Waals surface area contributed by atoms with Crippen LogP contribution in [0.2, 0.25) is 0 Å². The van der Waals surface area contributed by atoms with E-state index < -0.39 is 0 Å². The maximum absolute atomic E-state index is 10.3. The summed E-state index contributed by atoms with van der Waals surface area (Å²) in [7, 11) is 4.07. The van der Waals surface area contributed by atoms with Gasteiger partial charge in [0, 0.05) is 6.54 Å². The average Bonchev–Trinajstić information content (AvgIpc) is 2.35. The van der Waals surface area contributed by atoms with Crippen molar-refractivity contribution in [3.63, 3.8) is 0 Å². The van der Waals surface area contributed by atoms with E-state index in [0.29, 0.717) is 5.76 Å². The summed E-state index contributed by atoms with van der Waals surface area (Å²) in [6.07, 6.45) is 5.21. The third kappa shape index (κ3) is 3.23. The first kappa shape index (κ1) is 12.9. The normalized spacial score (nSPS) is 18.7. The molecule has 0 aliphatic heterocycles. The fourth-order valence-electron chi connectivity index (χ4n) is 2.38. The monoisotopic (exact) mass is 243 g/mol. The molecule has 0 atom stereocenters. The van der Waals surface area contributed by atoms with Crippen LogP contribution in [-0.2, 0) is 0 Å². The minimum absolute atomic E-state index is 0.513. The Balaban J connectivity index is 2.25. The van der Waals surface area contributed by atoms with Crippen LogP contribution in [-0.4, -0.2) is 30.6 Å². The predicted octanol–water partition coefficient (Wildman–Crippen LogP) is 3.63. The maximum Gasteiger partial charge on any atom is 0.119 e. The molecule has 1 aromatic rings. The molecule has 2 nitrogen and oxygen atoms in total. The molecular weight excluding hydrogens is 222 g/mol. The number of benzene rings is 1. The summed E-state index contributed by atoms with van der Waals surface area (Å²) in [4.78, 5) is 2.11. The molecule has 2 rings (SSSR count). The molecule has 96 valence electrons. The van der Waals surface area contributed by atoms with Gasteiger partial charge in [0.2, 0.25) is 0 Å². The van der Waals surface area contributed by atoms with Gasteiger partial charge in [-0.05, 0) is 56.1 Å². The zero-order chi connectivity index (χ0) is 13.0. The number of rotatable bonds is 3. The highest BCUT2D eigenvalue weighted by atomic mass is 16.3. The first-order valence-corrected chi connectivity index (χ1v) is 6.48. The van der Waals surface area contributed by atoms with Crippen molar-refractivity contribution in [3.05, 3.63) is 52.8 Å². The van der Waals surface area contributed by atoms with Gasteiger partial charge in [-0.25, -0.2) is 0 Å². The lowest BCUT2D eigenvalue weighted by Gasteiger charge is -2.21. The van der Waals surface area contributed by atoms with E-state index in [1.54, 1.807) is 0 Å². The zero-order valence-corrected chi connectivity index (χ0v) is 11.2. The van der Waals surface area contributed by atoms with Crippen molar-refractivity contribution in [2.75, 3.05) is 20.6 Å². The Morgan fingerprint density at radius 1 is 1.17 bits per heavy atom. The van der Waals surface area contributed by atoms with Crippen molar-refractivity contribution >= 4 is 6.08 Å². The highest BCUT2D eigenvalue weighted by molar-refractivity contribution is 5.58. The third-order valence-corrected chi connectivity index (χ3v) is 3.21. The minimum atomic E-state index is 0.513. The Labute approximate surface area is 109 Å². The van der Waals surface area contributed by atoms with E-state index in [1.807, 2.05) is 32.3 Å². The molecule has 0 heterocycles. The molecule has 1 aliphatic rings. The molecule has 18 heavy (non-hydrogen) atoms. The lowest BCUT2D eigenvalue weighted by Crippen LogP contribution is -2.18. The second kappa shape index (κ2) is 5.87. The zero-order valence-electron chi connectivity index (χ0n) is 11.2. The van der Waals surface area contributed by atoms with Crippen LogP contribution in [0.25, 0.3) is 6.08 Å². The molecule has 0 unspecified atom stereocenters. The quantitative estimate of drug-likeness (QED) is 0.876. The number of hydrogen-bond acceptors (Lipinski definition) is 2. The van der Waals surface area contributed by atoms with Gasteiger partial charge in [0.25, 0.3) is 0 Å². The first-order chi connectivity index (χ1) is 8.66. The molecule has 2 heteroatoms. The smallest absolute Gasteiger partial charge is 0.119 e. The van der Waals surface area contributed by atoms with Gasteiger partial charge in [0.1, 0.15) is 5.76 Å². The number of hydrogen-bond donors (Lipinski definition) is 1. The largest absolute Gasteiger partial charge is 0.508 e. The molecule has 0 fully saturated rings. The van der Waals surface area contributed by atoms with Crippen LogP contribution in [0.5, 0.6) is 0 Å². The van der Waals surface area contributed by atoms with E-state index in [4.69, 9.17) is 0 Å². The summed E-state index contributed by atoms with van der Waals surface area (Å²) in [5, 5.41) is 10.3. The predicted molar refractivity (Wildman–Crippen MR) is 76.5 cm³/mol. The number of allylic oxidation sites excluding steroid dienone is 1. The standard InChI is InChI=1S/C16H21NO/c1-17(2)12-15-10-6-9-14(16(15)18)11-13-7-4-3-5-8-13/h3-5,7-8,11,18H,6,9-10,12H2,1-2H3. The maximum atomic E-state index is 10.3. The second-order valence-electron chi connectivity index (χ2n) is 5.12. The number of nitrogens with zero attached hydrogens (tertiary/aromatic N) is 1.